The zero-order valence-corrected chi connectivity index (χ0v) is 18.8. The Hall–Kier alpha value is -3.51. The molecule has 2 aromatic rings. The van der Waals surface area contributed by atoms with Crippen LogP contribution in [0.1, 0.15) is 35.2 Å². The minimum Gasteiger partial charge on any atom is -0.452 e. The first kappa shape index (κ1) is 24.1. The average molecular weight is 477 g/mol. The van der Waals surface area contributed by atoms with Crippen molar-refractivity contribution in [3.63, 3.8) is 0 Å². The van der Waals surface area contributed by atoms with E-state index in [1.165, 1.54) is 28.6 Å². The molecule has 3 N–H and O–H groups in total. The molecule has 1 heterocycles. The van der Waals surface area contributed by atoms with E-state index in [0.29, 0.717) is 18.7 Å². The molecule has 0 bridgehead atoms. The van der Waals surface area contributed by atoms with E-state index in [-0.39, 0.29) is 21.8 Å². The fourth-order valence-electron chi connectivity index (χ4n) is 3.38. The predicted octanol–water partition coefficient (Wildman–Crippen LogP) is 2.46. The molecular weight excluding hydrogens is 452 g/mol. The zero-order chi connectivity index (χ0) is 24.2. The molecule has 11 nitrogen and oxygen atoms in total. The number of ether oxygens (including phenoxy) is 1. The number of hydrogen-bond acceptors (Lipinski definition) is 8. The van der Waals surface area contributed by atoms with Gasteiger partial charge in [0, 0.05) is 24.8 Å². The first-order valence-electron chi connectivity index (χ1n) is 10.2. The number of nitro groups is 1. The molecule has 0 unspecified atom stereocenters. The monoisotopic (exact) mass is 476 g/mol. The number of nitrogens with zero attached hydrogens (tertiary/aromatic N) is 2. The van der Waals surface area contributed by atoms with Crippen LogP contribution >= 0.6 is 0 Å². The molecular formula is C21H24N4O7S. The topological polar surface area (TPSA) is 162 Å². The number of anilines is 2. The maximum atomic E-state index is 12.9. The smallest absolute Gasteiger partial charge is 0.338 e. The van der Waals surface area contributed by atoms with Crippen molar-refractivity contribution in [2.75, 3.05) is 30.7 Å². The molecule has 1 aliphatic heterocycles. The lowest BCUT2D eigenvalue weighted by molar-refractivity contribution is -0.383. The van der Waals surface area contributed by atoms with Gasteiger partial charge in [-0.2, -0.15) is 4.31 Å². The van der Waals surface area contributed by atoms with Crippen LogP contribution in [0.4, 0.5) is 17.1 Å². The van der Waals surface area contributed by atoms with E-state index in [2.05, 4.69) is 5.32 Å². The molecule has 1 aliphatic rings. The van der Waals surface area contributed by atoms with Crippen molar-refractivity contribution in [2.24, 2.45) is 0 Å². The summed E-state index contributed by atoms with van der Waals surface area (Å²) < 4.78 is 32.1. The van der Waals surface area contributed by atoms with Crippen LogP contribution in [0.3, 0.4) is 0 Å². The normalized spacial score (nSPS) is 14.5. The van der Waals surface area contributed by atoms with Crippen molar-refractivity contribution in [3.05, 3.63) is 57.6 Å². The summed E-state index contributed by atoms with van der Waals surface area (Å²) in [7, 11) is -3.68. The van der Waals surface area contributed by atoms with Gasteiger partial charge in [-0.25, -0.2) is 13.2 Å². The number of hydrogen-bond donors (Lipinski definition) is 2. The molecule has 1 amide bonds. The third-order valence-corrected chi connectivity index (χ3v) is 7.13. The lowest BCUT2D eigenvalue weighted by Gasteiger charge is -2.26. The summed E-state index contributed by atoms with van der Waals surface area (Å²) in [5.41, 5.74) is 5.72. The summed E-state index contributed by atoms with van der Waals surface area (Å²) in [5, 5.41) is 13.5. The number of carbonyl (C=O) groups excluding carboxylic acids is 2. The number of sulfonamides is 1. The molecule has 0 spiro atoms. The van der Waals surface area contributed by atoms with Crippen molar-refractivity contribution < 1.29 is 27.7 Å². The van der Waals surface area contributed by atoms with Crippen LogP contribution in [0.5, 0.6) is 0 Å². The van der Waals surface area contributed by atoms with Gasteiger partial charge in [-0.05, 0) is 49.6 Å². The number of nitrogens with two attached hydrogens (primary N) is 1. The van der Waals surface area contributed by atoms with Gasteiger partial charge in [0.15, 0.2) is 6.61 Å². The van der Waals surface area contributed by atoms with Gasteiger partial charge in [0.05, 0.1) is 15.4 Å². The Labute approximate surface area is 190 Å². The van der Waals surface area contributed by atoms with Crippen molar-refractivity contribution in [3.8, 4) is 0 Å². The quantitative estimate of drug-likeness (QED) is 0.266. The summed E-state index contributed by atoms with van der Waals surface area (Å²) in [5.74, 6) is -1.63. The molecule has 0 radical (unpaired) electrons. The number of nitrogens with one attached hydrogen (secondary N) is 1. The number of rotatable bonds is 7. The molecule has 2 aromatic carbocycles. The Bertz CT molecular complexity index is 1190. The van der Waals surface area contributed by atoms with E-state index >= 15 is 0 Å². The lowest BCUT2D eigenvalue weighted by Crippen LogP contribution is -2.35. The highest BCUT2D eigenvalue weighted by Gasteiger charge is 2.26. The highest BCUT2D eigenvalue weighted by Crippen LogP contribution is 2.25. The fourth-order valence-corrected chi connectivity index (χ4v) is 4.92. The minimum atomic E-state index is -3.68. The molecule has 1 saturated heterocycles. The second kappa shape index (κ2) is 9.96. The van der Waals surface area contributed by atoms with Crippen molar-refractivity contribution in [2.45, 2.75) is 31.1 Å². The summed E-state index contributed by atoms with van der Waals surface area (Å²) in [6, 6.07) is 7.87. The largest absolute Gasteiger partial charge is 0.452 e. The number of aryl methyl sites for hydroxylation is 1. The number of nitrogen functional groups attached to an aromatic ring is 1. The molecule has 3 rings (SSSR count). The van der Waals surface area contributed by atoms with Crippen LogP contribution < -0.4 is 11.1 Å². The van der Waals surface area contributed by atoms with E-state index in [4.69, 9.17) is 10.5 Å². The molecule has 12 heteroatoms. The Kier molecular flexibility index (Phi) is 7.29. The second-order valence-electron chi connectivity index (χ2n) is 7.60. The summed E-state index contributed by atoms with van der Waals surface area (Å²) in [6.45, 7) is 1.94. The highest BCUT2D eigenvalue weighted by atomic mass is 32.2. The van der Waals surface area contributed by atoms with E-state index in [9.17, 15) is 28.1 Å². The average Bonchev–Trinajstić information content (AvgIpc) is 2.79. The third-order valence-electron chi connectivity index (χ3n) is 5.23. The maximum Gasteiger partial charge on any atom is 0.338 e. The van der Waals surface area contributed by atoms with Gasteiger partial charge in [-0.15, -0.1) is 0 Å². The number of benzene rings is 2. The van der Waals surface area contributed by atoms with Crippen LogP contribution in [0.15, 0.2) is 41.3 Å². The molecule has 176 valence electrons. The van der Waals surface area contributed by atoms with Gasteiger partial charge in [0.2, 0.25) is 10.0 Å². The van der Waals surface area contributed by atoms with E-state index < -0.39 is 39.1 Å². The number of nitro benzene ring substituents is 1. The molecule has 0 atom stereocenters. The lowest BCUT2D eigenvalue weighted by atomic mass is 10.2. The van der Waals surface area contributed by atoms with E-state index in [0.717, 1.165) is 25.3 Å². The molecule has 0 saturated carbocycles. The van der Waals surface area contributed by atoms with Gasteiger partial charge >= 0.3 is 5.97 Å². The van der Waals surface area contributed by atoms with Crippen LogP contribution in [0.25, 0.3) is 0 Å². The molecule has 1 fully saturated rings. The Morgan fingerprint density at radius 2 is 1.85 bits per heavy atom. The predicted molar refractivity (Wildman–Crippen MR) is 120 cm³/mol. The fraction of sp³-hybridized carbons (Fsp3) is 0.333. The first-order valence-corrected chi connectivity index (χ1v) is 11.7. The SMILES string of the molecule is Cc1ccc(S(=O)(=O)N2CCCCC2)cc1NC(=O)COC(=O)c1ccc(N)c([N+](=O)[O-])c1. The van der Waals surface area contributed by atoms with Crippen LogP contribution in [-0.4, -0.2) is 49.2 Å². The Morgan fingerprint density at radius 1 is 1.15 bits per heavy atom. The van der Waals surface area contributed by atoms with Crippen molar-refractivity contribution in [1.82, 2.24) is 4.31 Å². The number of piperidine rings is 1. The summed E-state index contributed by atoms with van der Waals surface area (Å²) >= 11 is 0. The third kappa shape index (κ3) is 5.65. The van der Waals surface area contributed by atoms with E-state index in [1.54, 1.807) is 13.0 Å². The van der Waals surface area contributed by atoms with Gasteiger partial charge in [0.25, 0.3) is 11.6 Å². The van der Waals surface area contributed by atoms with Gasteiger partial charge in [0.1, 0.15) is 5.69 Å². The molecule has 33 heavy (non-hydrogen) atoms. The first-order chi connectivity index (χ1) is 15.6. The number of carbonyl (C=O) groups is 2. The Morgan fingerprint density at radius 3 is 2.52 bits per heavy atom. The zero-order valence-electron chi connectivity index (χ0n) is 17.9. The van der Waals surface area contributed by atoms with Crippen LogP contribution in [0, 0.1) is 17.0 Å². The van der Waals surface area contributed by atoms with Crippen molar-refractivity contribution >= 4 is 39.0 Å². The Balaban J connectivity index is 1.67. The minimum absolute atomic E-state index is 0.0662. The number of amides is 1. The maximum absolute atomic E-state index is 12.9. The van der Waals surface area contributed by atoms with Gasteiger partial charge in [-0.3, -0.25) is 14.9 Å². The summed E-state index contributed by atoms with van der Waals surface area (Å²) in [4.78, 5) is 34.8. The second-order valence-corrected chi connectivity index (χ2v) is 9.53. The van der Waals surface area contributed by atoms with Crippen LogP contribution in [0.2, 0.25) is 0 Å². The molecule has 0 aromatic heterocycles. The standard InChI is InChI=1S/C21H24N4O7S/c1-14-5-7-16(33(30,31)24-9-3-2-4-10-24)12-18(14)23-20(26)13-32-21(27)15-6-8-17(22)19(11-15)25(28)29/h5-8,11-12H,2-4,9-10,13,22H2,1H3,(H,23,26). The van der Waals surface area contributed by atoms with Crippen molar-refractivity contribution in [1.29, 1.82) is 0 Å². The number of esters is 1. The van der Waals surface area contributed by atoms with Crippen LogP contribution in [-0.2, 0) is 19.6 Å². The molecule has 0 aliphatic carbocycles. The van der Waals surface area contributed by atoms with Gasteiger partial charge in [-0.1, -0.05) is 12.5 Å². The highest BCUT2D eigenvalue weighted by molar-refractivity contribution is 7.89. The van der Waals surface area contributed by atoms with E-state index in [1.807, 2.05) is 0 Å². The van der Waals surface area contributed by atoms with Gasteiger partial charge < -0.3 is 15.8 Å². The summed E-state index contributed by atoms with van der Waals surface area (Å²) in [6.07, 6.45) is 2.60.